The number of rotatable bonds is 5. The number of hydrogen-bond acceptors (Lipinski definition) is 7. The van der Waals surface area contributed by atoms with E-state index in [1.54, 1.807) is 26.5 Å². The van der Waals surface area contributed by atoms with Crippen molar-refractivity contribution in [3.63, 3.8) is 0 Å². The van der Waals surface area contributed by atoms with E-state index in [0.29, 0.717) is 11.4 Å². The maximum absolute atomic E-state index is 14.8. The highest BCUT2D eigenvalue weighted by atomic mass is 32.1. The predicted molar refractivity (Wildman–Crippen MR) is 118 cm³/mol. The predicted octanol–water partition coefficient (Wildman–Crippen LogP) is 5.31. The van der Waals surface area contributed by atoms with Crippen molar-refractivity contribution >= 4 is 32.6 Å². The Morgan fingerprint density at radius 3 is 2.68 bits per heavy atom. The molecule has 1 saturated carbocycles. The molecule has 0 bridgehead atoms. The Kier molecular flexibility index (Phi) is 5.19. The minimum atomic E-state index is -0.412. The Hall–Kier alpha value is -2.84. The number of benzene rings is 2. The van der Waals surface area contributed by atoms with Gasteiger partial charge in [-0.15, -0.1) is 11.3 Å². The van der Waals surface area contributed by atoms with Crippen molar-refractivity contribution in [3.05, 3.63) is 41.8 Å². The monoisotopic (exact) mass is 439 g/mol. The van der Waals surface area contributed by atoms with Crippen molar-refractivity contribution in [2.45, 2.75) is 38.4 Å². The molecule has 31 heavy (non-hydrogen) atoms. The van der Waals surface area contributed by atoms with Crippen molar-refractivity contribution in [3.8, 4) is 22.2 Å². The zero-order chi connectivity index (χ0) is 21.5. The molecule has 1 aliphatic carbocycles. The van der Waals surface area contributed by atoms with Gasteiger partial charge in [0.1, 0.15) is 11.1 Å². The molecule has 2 heterocycles. The van der Waals surface area contributed by atoms with E-state index in [9.17, 15) is 4.39 Å². The van der Waals surface area contributed by atoms with E-state index in [4.69, 9.17) is 14.2 Å². The summed E-state index contributed by atoms with van der Waals surface area (Å²) in [5.74, 6) is 0.290. The fourth-order valence-electron chi connectivity index (χ4n) is 4.10. The van der Waals surface area contributed by atoms with Crippen molar-refractivity contribution in [2.75, 3.05) is 14.2 Å². The molecule has 0 radical (unpaired) electrons. The number of hydrogen-bond donors (Lipinski definition) is 0. The highest BCUT2D eigenvalue weighted by Crippen LogP contribution is 2.38. The lowest BCUT2D eigenvalue weighted by atomic mass is 10.1. The summed E-state index contributed by atoms with van der Waals surface area (Å²) in [6, 6.07) is 7.16. The Morgan fingerprint density at radius 1 is 1.03 bits per heavy atom. The zero-order valence-electron chi connectivity index (χ0n) is 17.5. The molecule has 4 aromatic rings. The van der Waals surface area contributed by atoms with Crippen LogP contribution in [0.1, 0.15) is 24.8 Å². The molecular weight excluding hydrogens is 417 g/mol. The molecule has 0 amide bonds. The third-order valence-electron chi connectivity index (χ3n) is 5.62. The number of nitrogens with zero attached hydrogens (tertiary/aromatic N) is 3. The lowest BCUT2D eigenvalue weighted by Gasteiger charge is -2.20. The third kappa shape index (κ3) is 3.70. The van der Waals surface area contributed by atoms with E-state index in [1.165, 1.54) is 17.4 Å². The van der Waals surface area contributed by atoms with Crippen molar-refractivity contribution in [1.29, 1.82) is 0 Å². The first kappa shape index (κ1) is 20.1. The van der Waals surface area contributed by atoms with E-state index < -0.39 is 5.82 Å². The first-order valence-corrected chi connectivity index (χ1v) is 11.0. The number of fused-ring (bicyclic) bond motifs is 2. The lowest BCUT2D eigenvalue weighted by Crippen LogP contribution is -2.27. The smallest absolute Gasteiger partial charge is 0.232 e. The van der Waals surface area contributed by atoms with E-state index >= 15 is 0 Å². The maximum atomic E-state index is 14.8. The summed E-state index contributed by atoms with van der Waals surface area (Å²) in [7, 11) is 3.24. The normalized spacial score (nSPS) is 18.7. The SMILES string of the molecule is COc1cnc2c(-c3nc4cc(F)c(OC5CCCC5OC)cc4s3)cc(C)cc2n1. The van der Waals surface area contributed by atoms with Crippen LogP contribution in [0.5, 0.6) is 11.6 Å². The van der Waals surface area contributed by atoms with Crippen molar-refractivity contribution in [2.24, 2.45) is 0 Å². The Balaban J connectivity index is 1.56. The molecule has 0 spiro atoms. The van der Waals surface area contributed by atoms with Crippen LogP contribution >= 0.6 is 11.3 Å². The van der Waals surface area contributed by atoms with Gasteiger partial charge in [0, 0.05) is 24.8 Å². The van der Waals surface area contributed by atoms with Gasteiger partial charge in [0.05, 0.1) is 40.7 Å². The van der Waals surface area contributed by atoms with Gasteiger partial charge in [0.2, 0.25) is 5.88 Å². The summed E-state index contributed by atoms with van der Waals surface area (Å²) in [5.41, 5.74) is 3.96. The van der Waals surface area contributed by atoms with Crippen molar-refractivity contribution < 1.29 is 18.6 Å². The summed E-state index contributed by atoms with van der Waals surface area (Å²) in [5, 5.41) is 0.760. The molecule has 160 valence electrons. The van der Waals surface area contributed by atoms with Crippen LogP contribution in [0, 0.1) is 12.7 Å². The number of aromatic nitrogens is 3. The largest absolute Gasteiger partial charge is 0.485 e. The number of halogens is 1. The summed E-state index contributed by atoms with van der Waals surface area (Å²) in [6.45, 7) is 2.00. The van der Waals surface area contributed by atoms with E-state index in [0.717, 1.165) is 51.1 Å². The summed E-state index contributed by atoms with van der Waals surface area (Å²) in [4.78, 5) is 13.7. The standard InChI is InChI=1S/C23H22FN3O3S/c1-12-7-13(22-16(8-12)26-21(29-3)11-25-22)23-27-15-9-14(24)19(10-20(15)31-23)30-18-6-4-5-17(18)28-2/h7-11,17-18H,4-6H2,1-3H3. The van der Waals surface area contributed by atoms with Crippen LogP contribution in [0.25, 0.3) is 31.8 Å². The second-order valence-electron chi connectivity index (χ2n) is 7.72. The molecule has 5 rings (SSSR count). The highest BCUT2D eigenvalue weighted by molar-refractivity contribution is 7.21. The molecule has 1 fully saturated rings. The summed E-state index contributed by atoms with van der Waals surface area (Å²) in [6.07, 6.45) is 4.28. The quantitative estimate of drug-likeness (QED) is 0.420. The lowest BCUT2D eigenvalue weighted by molar-refractivity contribution is 0.0213. The van der Waals surface area contributed by atoms with Crippen LogP contribution in [0.2, 0.25) is 0 Å². The highest BCUT2D eigenvalue weighted by Gasteiger charge is 2.30. The average molecular weight is 440 g/mol. The minimum absolute atomic E-state index is 0.00124. The first-order valence-electron chi connectivity index (χ1n) is 10.2. The summed E-state index contributed by atoms with van der Waals surface area (Å²) < 4.78 is 32.3. The topological polar surface area (TPSA) is 66.4 Å². The van der Waals surface area contributed by atoms with Gasteiger partial charge in [0.25, 0.3) is 0 Å². The van der Waals surface area contributed by atoms with Gasteiger partial charge >= 0.3 is 0 Å². The Bertz CT molecular complexity index is 1280. The fourth-order valence-corrected chi connectivity index (χ4v) is 5.10. The van der Waals surface area contributed by atoms with Gasteiger partial charge in [-0.3, -0.25) is 0 Å². The first-order chi connectivity index (χ1) is 15.1. The molecule has 2 aromatic heterocycles. The minimum Gasteiger partial charge on any atom is -0.485 e. The average Bonchev–Trinajstić information content (AvgIpc) is 3.39. The second kappa shape index (κ2) is 8.01. The zero-order valence-corrected chi connectivity index (χ0v) is 18.3. The molecular formula is C23H22FN3O3S. The molecule has 0 N–H and O–H groups in total. The maximum Gasteiger partial charge on any atom is 0.232 e. The van der Waals surface area contributed by atoms with Crippen LogP contribution in [-0.2, 0) is 4.74 Å². The van der Waals surface area contributed by atoms with Crippen LogP contribution in [0.4, 0.5) is 4.39 Å². The summed E-state index contributed by atoms with van der Waals surface area (Å²) >= 11 is 1.48. The van der Waals surface area contributed by atoms with Crippen LogP contribution in [0.15, 0.2) is 30.5 Å². The van der Waals surface area contributed by atoms with Gasteiger partial charge in [-0.25, -0.2) is 19.3 Å². The van der Waals surface area contributed by atoms with Gasteiger partial charge in [-0.2, -0.15) is 0 Å². The van der Waals surface area contributed by atoms with E-state index in [1.807, 2.05) is 19.1 Å². The molecule has 0 saturated heterocycles. The fraction of sp³-hybridized carbons (Fsp3) is 0.348. The van der Waals surface area contributed by atoms with Crippen LogP contribution in [-0.4, -0.2) is 41.4 Å². The molecule has 8 heteroatoms. The third-order valence-corrected chi connectivity index (χ3v) is 6.68. The molecule has 0 aliphatic heterocycles. The van der Waals surface area contributed by atoms with Gasteiger partial charge in [-0.1, -0.05) is 0 Å². The van der Waals surface area contributed by atoms with Crippen LogP contribution in [0.3, 0.4) is 0 Å². The molecule has 2 unspecified atom stereocenters. The number of ether oxygens (including phenoxy) is 3. The Morgan fingerprint density at radius 2 is 1.87 bits per heavy atom. The Labute approximate surface area is 183 Å². The van der Waals surface area contributed by atoms with Gasteiger partial charge in [-0.05, 0) is 43.9 Å². The molecule has 2 atom stereocenters. The second-order valence-corrected chi connectivity index (χ2v) is 8.75. The van der Waals surface area contributed by atoms with Gasteiger partial charge in [0.15, 0.2) is 11.6 Å². The molecule has 2 aromatic carbocycles. The number of methoxy groups -OCH3 is 2. The van der Waals surface area contributed by atoms with E-state index in [-0.39, 0.29) is 18.0 Å². The van der Waals surface area contributed by atoms with Gasteiger partial charge < -0.3 is 14.2 Å². The molecule has 6 nitrogen and oxygen atoms in total. The number of thiazole rings is 1. The van der Waals surface area contributed by atoms with Crippen molar-refractivity contribution in [1.82, 2.24) is 15.0 Å². The van der Waals surface area contributed by atoms with E-state index in [2.05, 4.69) is 15.0 Å². The molecule has 1 aliphatic rings. The number of aryl methyl sites for hydroxylation is 1. The van der Waals surface area contributed by atoms with Crippen LogP contribution < -0.4 is 9.47 Å².